The molecule has 2 aromatic carbocycles. The van der Waals surface area contributed by atoms with Gasteiger partial charge in [0.15, 0.2) is 9.84 Å². The van der Waals surface area contributed by atoms with Crippen LogP contribution in [-0.2, 0) is 14.6 Å². The van der Waals surface area contributed by atoms with Gasteiger partial charge < -0.3 is 5.32 Å². The number of amides is 1. The van der Waals surface area contributed by atoms with Gasteiger partial charge >= 0.3 is 0 Å². The molecule has 0 atom stereocenters. The van der Waals surface area contributed by atoms with Crippen LogP contribution in [0.15, 0.2) is 59.5 Å². The smallest absolute Gasteiger partial charge is 0.225 e. The number of anilines is 1. The van der Waals surface area contributed by atoms with Crippen molar-refractivity contribution in [3.05, 3.63) is 59.6 Å². The maximum atomic E-state index is 12.0. The van der Waals surface area contributed by atoms with Crippen LogP contribution in [0.2, 0.25) is 5.02 Å². The molecule has 0 bridgehead atoms. The Balaban J connectivity index is 1.93. The molecule has 6 heteroatoms. The summed E-state index contributed by atoms with van der Waals surface area (Å²) in [6.45, 7) is 0. The van der Waals surface area contributed by atoms with Crippen molar-refractivity contribution in [1.82, 2.24) is 0 Å². The molecule has 0 aliphatic rings. The van der Waals surface area contributed by atoms with Gasteiger partial charge in [0.1, 0.15) is 0 Å². The summed E-state index contributed by atoms with van der Waals surface area (Å²) < 4.78 is 24.1. The Labute approximate surface area is 128 Å². The molecule has 0 aromatic heterocycles. The number of rotatable bonds is 5. The minimum atomic E-state index is -3.44. The van der Waals surface area contributed by atoms with Gasteiger partial charge in [0.2, 0.25) is 5.91 Å². The van der Waals surface area contributed by atoms with Crippen LogP contribution in [0.25, 0.3) is 0 Å². The lowest BCUT2D eigenvalue weighted by molar-refractivity contribution is -0.115. The summed E-state index contributed by atoms with van der Waals surface area (Å²) in [5.41, 5.74) is 0.585. The van der Waals surface area contributed by atoms with Crippen LogP contribution in [0.5, 0.6) is 0 Å². The fourth-order valence-electron chi connectivity index (χ4n) is 1.73. The quantitative estimate of drug-likeness (QED) is 0.919. The van der Waals surface area contributed by atoms with E-state index in [1.165, 1.54) is 12.1 Å². The molecule has 21 heavy (non-hydrogen) atoms. The molecular formula is C15H14ClNO3S. The minimum Gasteiger partial charge on any atom is -0.326 e. The average molecular weight is 324 g/mol. The van der Waals surface area contributed by atoms with Crippen LogP contribution in [0.1, 0.15) is 6.42 Å². The molecule has 1 amide bonds. The fraction of sp³-hybridized carbons (Fsp3) is 0.133. The third-order valence-corrected chi connectivity index (χ3v) is 4.81. The van der Waals surface area contributed by atoms with Crippen LogP contribution in [0.4, 0.5) is 5.69 Å². The molecule has 4 nitrogen and oxygen atoms in total. The first-order chi connectivity index (χ1) is 9.97. The number of sulfone groups is 1. The molecule has 0 aliphatic carbocycles. The molecule has 0 aliphatic heterocycles. The zero-order valence-electron chi connectivity index (χ0n) is 11.1. The van der Waals surface area contributed by atoms with Gasteiger partial charge in [-0.15, -0.1) is 0 Å². The Morgan fingerprint density at radius 3 is 2.24 bits per heavy atom. The molecule has 0 unspecified atom stereocenters. The first kappa shape index (κ1) is 15.5. The summed E-state index contributed by atoms with van der Waals surface area (Å²) in [5, 5.41) is 3.20. The Morgan fingerprint density at radius 2 is 1.62 bits per heavy atom. The van der Waals surface area contributed by atoms with Gasteiger partial charge in [-0.1, -0.05) is 29.8 Å². The molecular weight excluding hydrogens is 310 g/mol. The zero-order valence-corrected chi connectivity index (χ0v) is 12.7. The van der Waals surface area contributed by atoms with Gasteiger partial charge in [0, 0.05) is 17.1 Å². The highest BCUT2D eigenvalue weighted by atomic mass is 35.5. The van der Waals surface area contributed by atoms with E-state index < -0.39 is 9.84 Å². The summed E-state index contributed by atoms with van der Waals surface area (Å²) in [7, 11) is -3.44. The number of hydrogen-bond acceptors (Lipinski definition) is 3. The van der Waals surface area contributed by atoms with E-state index in [-0.39, 0.29) is 23.0 Å². The van der Waals surface area contributed by atoms with Crippen LogP contribution < -0.4 is 5.32 Å². The number of nitrogens with one attached hydrogen (secondary N) is 1. The van der Waals surface area contributed by atoms with Crippen molar-refractivity contribution in [1.29, 1.82) is 0 Å². The monoisotopic (exact) mass is 323 g/mol. The van der Waals surface area contributed by atoms with Crippen molar-refractivity contribution in [3.63, 3.8) is 0 Å². The lowest BCUT2D eigenvalue weighted by Gasteiger charge is -2.06. The molecule has 0 spiro atoms. The largest absolute Gasteiger partial charge is 0.326 e. The van der Waals surface area contributed by atoms with Gasteiger partial charge in [-0.2, -0.15) is 0 Å². The topological polar surface area (TPSA) is 63.2 Å². The summed E-state index contributed by atoms with van der Waals surface area (Å²) in [6.07, 6.45) is -0.0974. The maximum Gasteiger partial charge on any atom is 0.225 e. The van der Waals surface area contributed by atoms with E-state index in [0.717, 1.165) is 0 Å². The van der Waals surface area contributed by atoms with Crippen LogP contribution in [0, 0.1) is 0 Å². The average Bonchev–Trinajstić information content (AvgIpc) is 2.49. The molecule has 0 saturated carbocycles. The lowest BCUT2D eigenvalue weighted by Crippen LogP contribution is -2.17. The van der Waals surface area contributed by atoms with E-state index in [2.05, 4.69) is 5.32 Å². The van der Waals surface area contributed by atoms with E-state index in [4.69, 9.17) is 11.6 Å². The van der Waals surface area contributed by atoms with Crippen molar-refractivity contribution in [2.24, 2.45) is 0 Å². The highest BCUT2D eigenvalue weighted by molar-refractivity contribution is 7.91. The lowest BCUT2D eigenvalue weighted by atomic mass is 10.3. The molecule has 110 valence electrons. The summed E-state index contributed by atoms with van der Waals surface area (Å²) in [6, 6.07) is 14.7. The second-order valence-corrected chi connectivity index (χ2v) is 6.98. The number of hydrogen-bond donors (Lipinski definition) is 1. The predicted molar refractivity (Wildman–Crippen MR) is 83.2 cm³/mol. The van der Waals surface area contributed by atoms with Crippen molar-refractivity contribution in [2.45, 2.75) is 11.3 Å². The van der Waals surface area contributed by atoms with Gasteiger partial charge in [0.05, 0.1) is 10.6 Å². The van der Waals surface area contributed by atoms with Gasteiger partial charge in [-0.05, 0) is 36.4 Å². The Hall–Kier alpha value is -1.85. The minimum absolute atomic E-state index is 0.0974. The summed E-state index contributed by atoms with van der Waals surface area (Å²) >= 11 is 5.75. The highest BCUT2D eigenvalue weighted by Crippen LogP contribution is 2.15. The first-order valence-corrected chi connectivity index (χ1v) is 8.34. The normalized spacial score (nSPS) is 11.1. The number of carbonyl (C=O) groups is 1. The molecule has 2 rings (SSSR count). The second-order valence-electron chi connectivity index (χ2n) is 4.44. The molecule has 0 heterocycles. The van der Waals surface area contributed by atoms with E-state index in [1.54, 1.807) is 42.5 Å². The molecule has 0 saturated heterocycles. The van der Waals surface area contributed by atoms with E-state index in [9.17, 15) is 13.2 Å². The van der Waals surface area contributed by atoms with E-state index in [0.29, 0.717) is 10.7 Å². The predicted octanol–water partition coefficient (Wildman–Crippen LogP) is 3.14. The molecule has 0 radical (unpaired) electrons. The molecule has 1 N–H and O–H groups in total. The number of halogens is 1. The van der Waals surface area contributed by atoms with Crippen molar-refractivity contribution < 1.29 is 13.2 Å². The standard InChI is InChI=1S/C15H14ClNO3S/c16-12-6-8-13(9-7-12)17-15(18)10-11-21(19,20)14-4-2-1-3-5-14/h1-9H,10-11H2,(H,17,18). The van der Waals surface area contributed by atoms with Crippen molar-refractivity contribution >= 4 is 33.0 Å². The van der Waals surface area contributed by atoms with E-state index in [1.807, 2.05) is 0 Å². The summed E-state index contributed by atoms with van der Waals surface area (Å²) in [5.74, 6) is -0.576. The Kier molecular flexibility index (Phi) is 4.98. The Morgan fingerprint density at radius 1 is 1.00 bits per heavy atom. The highest BCUT2D eigenvalue weighted by Gasteiger charge is 2.16. The summed E-state index contributed by atoms with van der Waals surface area (Å²) in [4.78, 5) is 12.0. The van der Waals surface area contributed by atoms with E-state index >= 15 is 0 Å². The SMILES string of the molecule is O=C(CCS(=O)(=O)c1ccccc1)Nc1ccc(Cl)cc1. The van der Waals surface area contributed by atoms with Crippen LogP contribution in [-0.4, -0.2) is 20.1 Å². The number of benzene rings is 2. The first-order valence-electron chi connectivity index (χ1n) is 6.30. The Bertz CT molecular complexity index is 712. The number of carbonyl (C=O) groups excluding carboxylic acids is 1. The fourth-order valence-corrected chi connectivity index (χ4v) is 3.12. The third kappa shape index (κ3) is 4.58. The second kappa shape index (κ2) is 6.74. The van der Waals surface area contributed by atoms with Gasteiger partial charge in [0.25, 0.3) is 0 Å². The van der Waals surface area contributed by atoms with Gasteiger partial charge in [-0.25, -0.2) is 8.42 Å². The van der Waals surface area contributed by atoms with Crippen LogP contribution in [0.3, 0.4) is 0 Å². The van der Waals surface area contributed by atoms with Gasteiger partial charge in [-0.3, -0.25) is 4.79 Å². The van der Waals surface area contributed by atoms with Crippen LogP contribution >= 0.6 is 11.6 Å². The van der Waals surface area contributed by atoms with Crippen molar-refractivity contribution in [3.8, 4) is 0 Å². The maximum absolute atomic E-state index is 12.0. The van der Waals surface area contributed by atoms with Crippen molar-refractivity contribution in [2.75, 3.05) is 11.1 Å². The molecule has 0 fully saturated rings. The molecule has 2 aromatic rings. The zero-order chi connectivity index (χ0) is 15.3. The third-order valence-electron chi connectivity index (χ3n) is 2.83.